The van der Waals surface area contributed by atoms with Gasteiger partial charge in [-0.25, -0.2) is 0 Å². The fourth-order valence-corrected chi connectivity index (χ4v) is 3.27. The van der Waals surface area contributed by atoms with E-state index in [9.17, 15) is 4.79 Å². The van der Waals surface area contributed by atoms with E-state index in [0.717, 1.165) is 19.5 Å². The monoisotopic (exact) mass is 298 g/mol. The van der Waals surface area contributed by atoms with Crippen LogP contribution in [0.3, 0.4) is 0 Å². The summed E-state index contributed by atoms with van der Waals surface area (Å²) in [5.74, 6) is 0.528. The molecule has 0 amide bonds. The first-order valence-corrected chi connectivity index (χ1v) is 8.52. The molecule has 1 aliphatic carbocycles. The van der Waals surface area contributed by atoms with Gasteiger partial charge in [-0.2, -0.15) is 0 Å². The van der Waals surface area contributed by atoms with Crippen LogP contribution in [0.1, 0.15) is 59.8 Å². The molecule has 0 saturated heterocycles. The maximum absolute atomic E-state index is 11.9. The molecule has 0 aromatic rings. The topological polar surface area (TPSA) is 41.6 Å². The highest BCUT2D eigenvalue weighted by atomic mass is 16.5. The summed E-state index contributed by atoms with van der Waals surface area (Å²) < 4.78 is 4.93. The third-order valence-corrected chi connectivity index (χ3v) is 4.17. The molecule has 0 aromatic heterocycles. The number of carbonyl (C=O) groups is 1. The van der Waals surface area contributed by atoms with Gasteiger partial charge in [0.25, 0.3) is 0 Å². The molecule has 1 fully saturated rings. The van der Waals surface area contributed by atoms with E-state index in [1.807, 2.05) is 0 Å². The Kier molecular flexibility index (Phi) is 8.27. The van der Waals surface area contributed by atoms with Crippen molar-refractivity contribution in [3.63, 3.8) is 0 Å². The summed E-state index contributed by atoms with van der Waals surface area (Å²) in [5, 5.41) is 3.33. The predicted octanol–water partition coefficient (Wildman–Crippen LogP) is 2.82. The second-order valence-electron chi connectivity index (χ2n) is 7.01. The third kappa shape index (κ3) is 6.79. The van der Waals surface area contributed by atoms with E-state index in [4.69, 9.17) is 4.74 Å². The number of hydrogen-bond acceptors (Lipinski definition) is 4. The Morgan fingerprint density at radius 2 is 1.86 bits per heavy atom. The van der Waals surface area contributed by atoms with E-state index in [0.29, 0.717) is 18.0 Å². The maximum Gasteiger partial charge on any atom is 0.322 e. The van der Waals surface area contributed by atoms with E-state index in [2.05, 4.69) is 37.9 Å². The van der Waals surface area contributed by atoms with Gasteiger partial charge in [0.1, 0.15) is 6.04 Å². The molecule has 0 bridgehead atoms. The Balaban J connectivity index is 2.56. The number of esters is 1. The Bertz CT molecular complexity index is 299. The minimum atomic E-state index is -0.189. The molecule has 1 aliphatic rings. The largest absolute Gasteiger partial charge is 0.468 e. The molecule has 0 spiro atoms. The number of ether oxygens (including phenoxy) is 1. The molecule has 1 rings (SSSR count). The Morgan fingerprint density at radius 1 is 1.24 bits per heavy atom. The summed E-state index contributed by atoms with van der Waals surface area (Å²) in [4.78, 5) is 14.5. The predicted molar refractivity (Wildman–Crippen MR) is 87.4 cm³/mol. The van der Waals surface area contributed by atoms with Crippen molar-refractivity contribution in [2.24, 2.45) is 5.92 Å². The lowest BCUT2D eigenvalue weighted by molar-refractivity contribution is -0.143. The van der Waals surface area contributed by atoms with Crippen molar-refractivity contribution >= 4 is 5.97 Å². The Labute approximate surface area is 130 Å². The Morgan fingerprint density at radius 3 is 2.33 bits per heavy atom. The molecule has 1 N–H and O–H groups in total. The lowest BCUT2D eigenvalue weighted by Crippen LogP contribution is -2.45. The normalized spacial score (nSPS) is 17.9. The summed E-state index contributed by atoms with van der Waals surface area (Å²) >= 11 is 0. The molecular formula is C17H34N2O2. The van der Waals surface area contributed by atoms with Crippen LogP contribution in [0, 0.1) is 5.92 Å². The van der Waals surface area contributed by atoms with Crippen molar-refractivity contribution in [2.45, 2.75) is 77.9 Å². The lowest BCUT2D eigenvalue weighted by atomic mass is 10.1. The van der Waals surface area contributed by atoms with E-state index >= 15 is 0 Å². The quantitative estimate of drug-likeness (QED) is 0.665. The fourth-order valence-electron chi connectivity index (χ4n) is 3.27. The zero-order valence-electron chi connectivity index (χ0n) is 14.5. The number of carbonyl (C=O) groups excluding carboxylic acids is 1. The van der Waals surface area contributed by atoms with Crippen LogP contribution in [0.25, 0.3) is 0 Å². The molecule has 0 aromatic carbocycles. The second kappa shape index (κ2) is 9.42. The van der Waals surface area contributed by atoms with Gasteiger partial charge < -0.3 is 15.0 Å². The molecule has 0 radical (unpaired) electrons. The number of nitrogens with one attached hydrogen (secondary N) is 1. The second-order valence-corrected chi connectivity index (χ2v) is 7.01. The number of nitrogens with zero attached hydrogens (tertiary/aromatic N) is 1. The zero-order valence-corrected chi connectivity index (χ0v) is 14.5. The molecular weight excluding hydrogens is 264 g/mol. The van der Waals surface area contributed by atoms with Gasteiger partial charge in [0.05, 0.1) is 7.11 Å². The summed E-state index contributed by atoms with van der Waals surface area (Å²) in [7, 11) is 1.47. The van der Waals surface area contributed by atoms with E-state index in [-0.39, 0.29) is 12.0 Å². The SMILES string of the molecule is COC(=O)C(CCN(CC(C)C)C1CCCC1)NC(C)C. The standard InChI is InChI=1S/C17H34N2O2/c1-13(2)12-19(15-8-6-7-9-15)11-10-16(17(20)21-5)18-14(3)4/h13-16,18H,6-12H2,1-5H3. The number of hydrogen-bond donors (Lipinski definition) is 1. The van der Waals surface area contributed by atoms with Crippen LogP contribution in [0.5, 0.6) is 0 Å². The first kappa shape index (κ1) is 18.4. The average molecular weight is 298 g/mol. The highest BCUT2D eigenvalue weighted by Crippen LogP contribution is 2.24. The van der Waals surface area contributed by atoms with Gasteiger partial charge in [-0.05, 0) is 25.2 Å². The first-order chi connectivity index (χ1) is 9.93. The van der Waals surface area contributed by atoms with Crippen molar-refractivity contribution in [3.8, 4) is 0 Å². The smallest absolute Gasteiger partial charge is 0.322 e. The zero-order chi connectivity index (χ0) is 15.8. The van der Waals surface area contributed by atoms with Crippen LogP contribution >= 0.6 is 0 Å². The third-order valence-electron chi connectivity index (χ3n) is 4.17. The van der Waals surface area contributed by atoms with Gasteiger partial charge >= 0.3 is 5.97 Å². The van der Waals surface area contributed by atoms with Gasteiger partial charge in [0.15, 0.2) is 0 Å². The highest BCUT2D eigenvalue weighted by Gasteiger charge is 2.26. The molecule has 1 atom stereocenters. The number of rotatable bonds is 9. The van der Waals surface area contributed by atoms with Crippen LogP contribution in [0.15, 0.2) is 0 Å². The molecule has 1 saturated carbocycles. The van der Waals surface area contributed by atoms with Gasteiger partial charge in [-0.15, -0.1) is 0 Å². The van der Waals surface area contributed by atoms with Crippen molar-refractivity contribution in [2.75, 3.05) is 20.2 Å². The van der Waals surface area contributed by atoms with Gasteiger partial charge in [-0.1, -0.05) is 40.5 Å². The molecule has 0 aliphatic heterocycles. The van der Waals surface area contributed by atoms with Crippen molar-refractivity contribution in [3.05, 3.63) is 0 Å². The van der Waals surface area contributed by atoms with Gasteiger partial charge in [0, 0.05) is 25.2 Å². The van der Waals surface area contributed by atoms with Crippen molar-refractivity contribution < 1.29 is 9.53 Å². The van der Waals surface area contributed by atoms with Gasteiger partial charge in [-0.3, -0.25) is 4.79 Å². The summed E-state index contributed by atoms with van der Waals surface area (Å²) in [5.41, 5.74) is 0. The number of methoxy groups -OCH3 is 1. The van der Waals surface area contributed by atoms with E-state index < -0.39 is 0 Å². The van der Waals surface area contributed by atoms with Gasteiger partial charge in [0.2, 0.25) is 0 Å². The minimum Gasteiger partial charge on any atom is -0.468 e. The maximum atomic E-state index is 11.9. The van der Waals surface area contributed by atoms with E-state index in [1.54, 1.807) is 0 Å². The molecule has 4 heteroatoms. The van der Waals surface area contributed by atoms with Crippen LogP contribution in [-0.2, 0) is 9.53 Å². The van der Waals surface area contributed by atoms with Crippen LogP contribution in [0.2, 0.25) is 0 Å². The summed E-state index contributed by atoms with van der Waals surface area (Å²) in [6, 6.07) is 0.815. The van der Waals surface area contributed by atoms with Crippen molar-refractivity contribution in [1.82, 2.24) is 10.2 Å². The first-order valence-electron chi connectivity index (χ1n) is 8.52. The fraction of sp³-hybridized carbons (Fsp3) is 0.941. The van der Waals surface area contributed by atoms with Crippen LogP contribution < -0.4 is 5.32 Å². The van der Waals surface area contributed by atoms with Crippen molar-refractivity contribution in [1.29, 1.82) is 0 Å². The molecule has 1 unspecified atom stereocenters. The molecule has 21 heavy (non-hydrogen) atoms. The summed E-state index contributed by atoms with van der Waals surface area (Å²) in [6.07, 6.45) is 6.16. The summed E-state index contributed by atoms with van der Waals surface area (Å²) in [6.45, 7) is 10.8. The molecule has 124 valence electrons. The van der Waals surface area contributed by atoms with Crippen LogP contribution in [0.4, 0.5) is 0 Å². The average Bonchev–Trinajstić information content (AvgIpc) is 2.94. The minimum absolute atomic E-state index is 0.139. The Hall–Kier alpha value is -0.610. The molecule has 4 nitrogen and oxygen atoms in total. The highest BCUT2D eigenvalue weighted by molar-refractivity contribution is 5.75. The molecule has 0 heterocycles. The van der Waals surface area contributed by atoms with E-state index in [1.165, 1.54) is 32.8 Å². The lowest BCUT2D eigenvalue weighted by Gasteiger charge is -2.32. The van der Waals surface area contributed by atoms with Crippen LogP contribution in [-0.4, -0.2) is 49.2 Å².